The van der Waals surface area contributed by atoms with Crippen LogP contribution in [0.1, 0.15) is 25.5 Å². The van der Waals surface area contributed by atoms with Crippen molar-refractivity contribution < 1.29 is 22.7 Å². The summed E-state index contributed by atoms with van der Waals surface area (Å²) in [4.78, 5) is 11.2. The minimum atomic E-state index is -1.28. The molecule has 0 aromatic heterocycles. The van der Waals surface area contributed by atoms with Gasteiger partial charge in [0.15, 0.2) is 11.6 Å². The maximum atomic E-state index is 13.7. The lowest BCUT2D eigenvalue weighted by atomic mass is 9.80. The van der Waals surface area contributed by atoms with Gasteiger partial charge in [-0.05, 0) is 12.1 Å². The Bertz CT molecular complexity index is 508. The highest BCUT2D eigenvalue weighted by Crippen LogP contribution is 2.38. The first-order valence-electron chi connectivity index (χ1n) is 5.39. The summed E-state index contributed by atoms with van der Waals surface area (Å²) >= 11 is 0. The highest BCUT2D eigenvalue weighted by Gasteiger charge is 2.41. The normalized spacial score (nSPS) is 21.1. The van der Waals surface area contributed by atoms with E-state index >= 15 is 0 Å². The molecule has 1 atom stereocenters. The summed E-state index contributed by atoms with van der Waals surface area (Å²) in [6.07, 6.45) is -0.776. The van der Waals surface area contributed by atoms with Crippen LogP contribution < -0.4 is 5.32 Å². The van der Waals surface area contributed by atoms with Gasteiger partial charge in [-0.3, -0.25) is 0 Å². The molecular formula is C12H13ClF3NO2. The predicted molar refractivity (Wildman–Crippen MR) is 64.6 cm³/mol. The van der Waals surface area contributed by atoms with Crippen molar-refractivity contribution in [1.82, 2.24) is 5.32 Å². The Morgan fingerprint density at radius 1 is 1.26 bits per heavy atom. The minimum Gasteiger partial charge on any atom is -0.449 e. The van der Waals surface area contributed by atoms with Crippen molar-refractivity contribution in [2.24, 2.45) is 5.41 Å². The van der Waals surface area contributed by atoms with Gasteiger partial charge >= 0.3 is 6.09 Å². The van der Waals surface area contributed by atoms with E-state index in [2.05, 4.69) is 5.32 Å². The van der Waals surface area contributed by atoms with E-state index < -0.39 is 40.6 Å². The van der Waals surface area contributed by atoms with Crippen LogP contribution in [0.5, 0.6) is 0 Å². The van der Waals surface area contributed by atoms with E-state index in [4.69, 9.17) is 4.74 Å². The molecule has 1 heterocycles. The second kappa shape index (κ2) is 5.28. The van der Waals surface area contributed by atoms with E-state index in [9.17, 15) is 18.0 Å². The molecule has 1 N–H and O–H groups in total. The Hall–Kier alpha value is -1.43. The number of hydrogen-bond acceptors (Lipinski definition) is 2. The quantitative estimate of drug-likeness (QED) is 0.807. The molecule has 1 fully saturated rings. The van der Waals surface area contributed by atoms with Crippen LogP contribution in [-0.2, 0) is 4.74 Å². The van der Waals surface area contributed by atoms with E-state index in [-0.39, 0.29) is 19.0 Å². The minimum absolute atomic E-state index is 0. The number of rotatable bonds is 1. The number of ether oxygens (including phenoxy) is 1. The zero-order valence-electron chi connectivity index (χ0n) is 10.3. The molecule has 19 heavy (non-hydrogen) atoms. The van der Waals surface area contributed by atoms with E-state index in [0.29, 0.717) is 6.07 Å². The first kappa shape index (κ1) is 15.6. The average Bonchev–Trinajstić information content (AvgIpc) is 2.29. The second-order valence-electron chi connectivity index (χ2n) is 4.90. The van der Waals surface area contributed by atoms with Gasteiger partial charge in [-0.2, -0.15) is 0 Å². The maximum Gasteiger partial charge on any atom is 0.407 e. The summed E-state index contributed by atoms with van der Waals surface area (Å²) in [6.45, 7) is 3.33. The summed E-state index contributed by atoms with van der Waals surface area (Å²) in [5.74, 6) is -3.33. The molecule has 0 saturated carbocycles. The van der Waals surface area contributed by atoms with Gasteiger partial charge in [0, 0.05) is 11.0 Å². The van der Waals surface area contributed by atoms with Crippen LogP contribution in [-0.4, -0.2) is 12.7 Å². The Balaban J connectivity index is 0.00000180. The fourth-order valence-corrected chi connectivity index (χ4v) is 1.96. The maximum absolute atomic E-state index is 13.7. The summed E-state index contributed by atoms with van der Waals surface area (Å²) in [5.41, 5.74) is -1.22. The third-order valence-corrected chi connectivity index (χ3v) is 2.99. The fraction of sp³-hybridized carbons (Fsp3) is 0.417. The average molecular weight is 296 g/mol. The third-order valence-electron chi connectivity index (χ3n) is 2.99. The van der Waals surface area contributed by atoms with Gasteiger partial charge in [0.2, 0.25) is 0 Å². The molecule has 2 rings (SSSR count). The Kier molecular flexibility index (Phi) is 4.35. The first-order chi connectivity index (χ1) is 8.33. The monoisotopic (exact) mass is 295 g/mol. The number of carbonyl (C=O) groups excluding carboxylic acids is 1. The van der Waals surface area contributed by atoms with E-state index in [0.717, 1.165) is 6.07 Å². The zero-order valence-corrected chi connectivity index (χ0v) is 11.1. The molecule has 0 unspecified atom stereocenters. The molecule has 0 spiro atoms. The van der Waals surface area contributed by atoms with Crippen molar-refractivity contribution >= 4 is 18.5 Å². The topological polar surface area (TPSA) is 38.3 Å². The van der Waals surface area contributed by atoms with Gasteiger partial charge in [0.05, 0.1) is 6.04 Å². The van der Waals surface area contributed by atoms with Crippen LogP contribution in [0.25, 0.3) is 0 Å². The number of nitrogens with one attached hydrogen (secondary N) is 1. The molecule has 3 nitrogen and oxygen atoms in total. The number of halogens is 4. The molecular weight excluding hydrogens is 283 g/mol. The van der Waals surface area contributed by atoms with Crippen molar-refractivity contribution in [3.8, 4) is 0 Å². The molecule has 1 amide bonds. The largest absolute Gasteiger partial charge is 0.449 e. The summed E-state index contributed by atoms with van der Waals surface area (Å²) in [6, 6.07) is 0.572. The van der Waals surface area contributed by atoms with Crippen LogP contribution in [0.3, 0.4) is 0 Å². The molecule has 0 bridgehead atoms. The highest BCUT2D eigenvalue weighted by molar-refractivity contribution is 5.85. The van der Waals surface area contributed by atoms with E-state index in [1.807, 2.05) is 0 Å². The molecule has 0 radical (unpaired) electrons. The molecule has 1 aliphatic heterocycles. The summed E-state index contributed by atoms with van der Waals surface area (Å²) in [7, 11) is 0. The number of benzene rings is 1. The zero-order chi connectivity index (χ0) is 13.5. The van der Waals surface area contributed by atoms with Gasteiger partial charge in [-0.1, -0.05) is 13.8 Å². The van der Waals surface area contributed by atoms with Crippen LogP contribution in [0, 0.1) is 22.9 Å². The van der Waals surface area contributed by atoms with Crippen molar-refractivity contribution in [2.45, 2.75) is 19.9 Å². The standard InChI is InChI=1S/C12H12F3NO2.ClH/c1-12(2)5-18-11(17)16-10(12)8-6(13)3-4-7(14)9(8)15;/h3-4,10H,5H2,1-2H3,(H,16,17);1H/t10-;/m1./s1. The third kappa shape index (κ3) is 2.78. The van der Waals surface area contributed by atoms with Crippen LogP contribution in [0.2, 0.25) is 0 Å². The summed E-state index contributed by atoms with van der Waals surface area (Å²) in [5, 5.41) is 2.32. The van der Waals surface area contributed by atoms with Crippen molar-refractivity contribution in [1.29, 1.82) is 0 Å². The molecule has 1 aromatic carbocycles. The lowest BCUT2D eigenvalue weighted by Gasteiger charge is -2.38. The molecule has 0 aliphatic carbocycles. The van der Waals surface area contributed by atoms with E-state index in [1.165, 1.54) is 0 Å². The van der Waals surface area contributed by atoms with Crippen molar-refractivity contribution in [3.05, 3.63) is 35.1 Å². The SMILES string of the molecule is CC1(C)COC(=O)N[C@@H]1c1c(F)ccc(F)c1F.Cl. The second-order valence-corrected chi connectivity index (χ2v) is 4.90. The number of cyclic esters (lactones) is 1. The highest BCUT2D eigenvalue weighted by atomic mass is 35.5. The van der Waals surface area contributed by atoms with Gasteiger partial charge in [-0.25, -0.2) is 18.0 Å². The van der Waals surface area contributed by atoms with Crippen LogP contribution in [0.15, 0.2) is 12.1 Å². The molecule has 106 valence electrons. The molecule has 1 aliphatic rings. The van der Waals surface area contributed by atoms with E-state index in [1.54, 1.807) is 13.8 Å². The Morgan fingerprint density at radius 3 is 2.47 bits per heavy atom. The van der Waals surface area contributed by atoms with Gasteiger partial charge in [-0.15, -0.1) is 12.4 Å². The van der Waals surface area contributed by atoms with Crippen LogP contribution >= 0.6 is 12.4 Å². The van der Waals surface area contributed by atoms with Gasteiger partial charge < -0.3 is 10.1 Å². The van der Waals surface area contributed by atoms with Crippen LogP contribution in [0.4, 0.5) is 18.0 Å². The lowest BCUT2D eigenvalue weighted by Crippen LogP contribution is -2.47. The summed E-state index contributed by atoms with van der Waals surface area (Å²) < 4.78 is 45.3. The van der Waals surface area contributed by atoms with Crippen molar-refractivity contribution in [3.63, 3.8) is 0 Å². The Labute approximate surface area is 114 Å². The van der Waals surface area contributed by atoms with Gasteiger partial charge in [0.25, 0.3) is 0 Å². The molecule has 1 aromatic rings. The number of carbonyl (C=O) groups is 1. The predicted octanol–water partition coefficient (Wildman–Crippen LogP) is 3.33. The molecule has 1 saturated heterocycles. The lowest BCUT2D eigenvalue weighted by molar-refractivity contribution is 0.0365. The molecule has 7 heteroatoms. The van der Waals surface area contributed by atoms with Gasteiger partial charge in [0.1, 0.15) is 12.4 Å². The number of hydrogen-bond donors (Lipinski definition) is 1. The fourth-order valence-electron chi connectivity index (χ4n) is 1.96. The Morgan fingerprint density at radius 2 is 1.84 bits per heavy atom. The smallest absolute Gasteiger partial charge is 0.407 e. The van der Waals surface area contributed by atoms with Crippen molar-refractivity contribution in [2.75, 3.05) is 6.61 Å². The number of alkyl carbamates (subject to hydrolysis) is 1. The first-order valence-corrected chi connectivity index (χ1v) is 5.39. The number of amides is 1.